The van der Waals surface area contributed by atoms with Gasteiger partial charge in [0.05, 0.1) is 6.42 Å². The van der Waals surface area contributed by atoms with Crippen LogP contribution in [-0.4, -0.2) is 33.9 Å². The van der Waals surface area contributed by atoms with Crippen LogP contribution < -0.4 is 5.73 Å². The number of carbonyl (C=O) groups excluding carboxylic acids is 2. The Morgan fingerprint density at radius 3 is 2.81 bits per heavy atom. The Hall–Kier alpha value is -2.30. The zero-order valence-electron chi connectivity index (χ0n) is 12.1. The van der Waals surface area contributed by atoms with Crippen LogP contribution in [-0.2, 0) is 23.1 Å². The Morgan fingerprint density at radius 2 is 2.10 bits per heavy atom. The molecule has 2 amide bonds. The third-order valence-electron chi connectivity index (χ3n) is 4.28. The van der Waals surface area contributed by atoms with E-state index in [1.165, 1.54) is 0 Å². The van der Waals surface area contributed by atoms with Crippen LogP contribution in [0.25, 0.3) is 10.9 Å². The van der Waals surface area contributed by atoms with Crippen molar-refractivity contribution in [3.05, 3.63) is 36.0 Å². The van der Waals surface area contributed by atoms with E-state index in [-0.39, 0.29) is 5.91 Å². The number of primary amides is 1. The predicted molar refractivity (Wildman–Crippen MR) is 80.6 cm³/mol. The van der Waals surface area contributed by atoms with Gasteiger partial charge in [0.1, 0.15) is 6.04 Å². The molecule has 1 aromatic carbocycles. The molecule has 0 bridgehead atoms. The number of para-hydroxylation sites is 1. The van der Waals surface area contributed by atoms with Crippen LogP contribution in [0.3, 0.4) is 0 Å². The Balaban J connectivity index is 1.83. The van der Waals surface area contributed by atoms with Crippen LogP contribution in [0.2, 0.25) is 0 Å². The summed E-state index contributed by atoms with van der Waals surface area (Å²) >= 11 is 0. The Morgan fingerprint density at radius 1 is 1.33 bits per heavy atom. The van der Waals surface area contributed by atoms with Crippen molar-refractivity contribution in [1.29, 1.82) is 0 Å². The van der Waals surface area contributed by atoms with Gasteiger partial charge in [-0.3, -0.25) is 9.59 Å². The fraction of sp³-hybridized carbons (Fsp3) is 0.375. The van der Waals surface area contributed by atoms with Gasteiger partial charge in [-0.2, -0.15) is 0 Å². The monoisotopic (exact) mass is 285 g/mol. The number of benzene rings is 1. The molecule has 2 N–H and O–H groups in total. The number of carbonyl (C=O) groups is 2. The van der Waals surface area contributed by atoms with E-state index in [2.05, 4.69) is 0 Å². The smallest absolute Gasteiger partial charge is 0.240 e. The molecular formula is C16H19N3O2. The lowest BCUT2D eigenvalue weighted by molar-refractivity contribution is -0.136. The maximum Gasteiger partial charge on any atom is 0.240 e. The number of hydrogen-bond acceptors (Lipinski definition) is 2. The van der Waals surface area contributed by atoms with Crippen molar-refractivity contribution in [2.24, 2.45) is 12.8 Å². The minimum atomic E-state index is -0.438. The van der Waals surface area contributed by atoms with Gasteiger partial charge in [0.25, 0.3) is 0 Å². The number of fused-ring (bicyclic) bond motifs is 1. The first-order valence-electron chi connectivity index (χ1n) is 7.20. The van der Waals surface area contributed by atoms with Crippen LogP contribution in [0, 0.1) is 0 Å². The van der Waals surface area contributed by atoms with E-state index in [1.807, 2.05) is 41.9 Å². The zero-order chi connectivity index (χ0) is 15.0. The highest BCUT2D eigenvalue weighted by atomic mass is 16.2. The van der Waals surface area contributed by atoms with Crippen molar-refractivity contribution in [2.45, 2.75) is 25.3 Å². The van der Waals surface area contributed by atoms with E-state index in [0.29, 0.717) is 19.4 Å². The molecule has 3 rings (SSSR count). The molecule has 2 heterocycles. The largest absolute Gasteiger partial charge is 0.368 e. The molecule has 1 atom stereocenters. The molecule has 110 valence electrons. The molecule has 5 heteroatoms. The number of nitrogens with two attached hydrogens (primary N) is 1. The van der Waals surface area contributed by atoms with Gasteiger partial charge in [0.15, 0.2) is 0 Å². The molecule has 1 unspecified atom stereocenters. The molecular weight excluding hydrogens is 266 g/mol. The molecule has 5 nitrogen and oxygen atoms in total. The summed E-state index contributed by atoms with van der Waals surface area (Å²) in [5.41, 5.74) is 7.43. The lowest BCUT2D eigenvalue weighted by Gasteiger charge is -2.22. The minimum absolute atomic E-state index is 0.0257. The summed E-state index contributed by atoms with van der Waals surface area (Å²) in [5, 5.41) is 1.12. The number of amides is 2. The first-order chi connectivity index (χ1) is 10.1. The highest BCUT2D eigenvalue weighted by Gasteiger charge is 2.32. The second-order valence-corrected chi connectivity index (χ2v) is 5.58. The lowest BCUT2D eigenvalue weighted by Crippen LogP contribution is -2.44. The molecule has 1 aromatic heterocycles. The molecule has 1 fully saturated rings. The third kappa shape index (κ3) is 2.39. The summed E-state index contributed by atoms with van der Waals surface area (Å²) in [6.07, 6.45) is 1.82. The van der Waals surface area contributed by atoms with Crippen LogP contribution in [0.1, 0.15) is 18.5 Å². The van der Waals surface area contributed by atoms with Gasteiger partial charge < -0.3 is 15.2 Å². The van der Waals surface area contributed by atoms with E-state index in [1.54, 1.807) is 4.90 Å². The van der Waals surface area contributed by atoms with Crippen LogP contribution in [0.5, 0.6) is 0 Å². The molecule has 0 aliphatic carbocycles. The molecule has 21 heavy (non-hydrogen) atoms. The van der Waals surface area contributed by atoms with Gasteiger partial charge in [-0.15, -0.1) is 0 Å². The number of hydrogen-bond donors (Lipinski definition) is 1. The first kappa shape index (κ1) is 13.7. The topological polar surface area (TPSA) is 68.3 Å². The number of rotatable bonds is 3. The summed E-state index contributed by atoms with van der Waals surface area (Å²) in [5.74, 6) is -0.430. The standard InChI is InChI=1S/C16H19N3O2/c1-18-12(9-11-5-2-3-6-13(11)18)10-15(20)19-8-4-7-14(19)16(17)21/h2-3,5-6,9,14H,4,7-8,10H2,1H3,(H2,17,21). The Labute approximate surface area is 123 Å². The third-order valence-corrected chi connectivity index (χ3v) is 4.28. The quantitative estimate of drug-likeness (QED) is 0.920. The molecule has 1 aliphatic rings. The van der Waals surface area contributed by atoms with Gasteiger partial charge in [-0.05, 0) is 30.4 Å². The molecule has 1 saturated heterocycles. The van der Waals surface area contributed by atoms with E-state index in [4.69, 9.17) is 5.73 Å². The molecule has 2 aromatic rings. The van der Waals surface area contributed by atoms with Gasteiger partial charge in [0, 0.05) is 24.8 Å². The van der Waals surface area contributed by atoms with E-state index in [0.717, 1.165) is 23.0 Å². The van der Waals surface area contributed by atoms with Crippen LogP contribution in [0.4, 0.5) is 0 Å². The first-order valence-corrected chi connectivity index (χ1v) is 7.20. The SMILES string of the molecule is Cn1c(CC(=O)N2CCCC2C(N)=O)cc2ccccc21. The highest BCUT2D eigenvalue weighted by Crippen LogP contribution is 2.22. The lowest BCUT2D eigenvalue weighted by atomic mass is 10.2. The maximum atomic E-state index is 12.5. The number of nitrogens with zero attached hydrogens (tertiary/aromatic N) is 2. The Bertz CT molecular complexity index is 705. The van der Waals surface area contributed by atoms with Gasteiger partial charge in [0.2, 0.25) is 11.8 Å². The van der Waals surface area contributed by atoms with Crippen molar-refractivity contribution in [2.75, 3.05) is 6.54 Å². The molecule has 0 radical (unpaired) electrons. The van der Waals surface area contributed by atoms with Crippen molar-refractivity contribution >= 4 is 22.7 Å². The summed E-state index contributed by atoms with van der Waals surface area (Å²) < 4.78 is 2.03. The normalized spacial score (nSPS) is 18.3. The van der Waals surface area contributed by atoms with Gasteiger partial charge in [-0.25, -0.2) is 0 Å². The highest BCUT2D eigenvalue weighted by molar-refractivity contribution is 5.89. The van der Waals surface area contributed by atoms with Crippen LogP contribution in [0.15, 0.2) is 30.3 Å². The number of aryl methyl sites for hydroxylation is 1. The fourth-order valence-corrected chi connectivity index (χ4v) is 3.13. The van der Waals surface area contributed by atoms with Gasteiger partial charge >= 0.3 is 0 Å². The number of aromatic nitrogens is 1. The van der Waals surface area contributed by atoms with Crippen molar-refractivity contribution < 1.29 is 9.59 Å². The summed E-state index contributed by atoms with van der Waals surface area (Å²) in [6.45, 7) is 0.621. The fourth-order valence-electron chi connectivity index (χ4n) is 3.13. The maximum absolute atomic E-state index is 12.5. The molecule has 0 saturated carbocycles. The molecule has 0 spiro atoms. The van der Waals surface area contributed by atoms with E-state index < -0.39 is 11.9 Å². The average molecular weight is 285 g/mol. The van der Waals surface area contributed by atoms with Gasteiger partial charge in [-0.1, -0.05) is 18.2 Å². The zero-order valence-corrected chi connectivity index (χ0v) is 12.1. The minimum Gasteiger partial charge on any atom is -0.368 e. The van der Waals surface area contributed by atoms with Crippen molar-refractivity contribution in [3.63, 3.8) is 0 Å². The van der Waals surface area contributed by atoms with Crippen molar-refractivity contribution in [3.8, 4) is 0 Å². The number of likely N-dealkylation sites (tertiary alicyclic amines) is 1. The van der Waals surface area contributed by atoms with Crippen molar-refractivity contribution in [1.82, 2.24) is 9.47 Å². The van der Waals surface area contributed by atoms with E-state index in [9.17, 15) is 9.59 Å². The predicted octanol–water partition coefficient (Wildman–Crippen LogP) is 1.20. The Kier molecular flexibility index (Phi) is 3.41. The average Bonchev–Trinajstić information content (AvgIpc) is 3.05. The second-order valence-electron chi connectivity index (χ2n) is 5.58. The second kappa shape index (κ2) is 5.24. The summed E-state index contributed by atoms with van der Waals surface area (Å²) in [7, 11) is 1.96. The summed E-state index contributed by atoms with van der Waals surface area (Å²) in [6, 6.07) is 9.63. The van der Waals surface area contributed by atoms with E-state index >= 15 is 0 Å². The summed E-state index contributed by atoms with van der Waals surface area (Å²) in [4.78, 5) is 25.5. The van der Waals surface area contributed by atoms with Crippen LogP contribution >= 0.6 is 0 Å². The molecule has 1 aliphatic heterocycles.